The van der Waals surface area contributed by atoms with Gasteiger partial charge in [0.2, 0.25) is 0 Å². The molecule has 3 nitrogen and oxygen atoms in total. The van der Waals surface area contributed by atoms with Crippen LogP contribution in [0.25, 0.3) is 0 Å². The summed E-state index contributed by atoms with van der Waals surface area (Å²) in [6.45, 7) is 15.2. The molecular formula is C32H68N2O. The van der Waals surface area contributed by atoms with Crippen LogP contribution in [0.4, 0.5) is 0 Å². The first kappa shape index (κ1) is 34.9. The quantitative estimate of drug-likeness (QED) is 0.0921. The fourth-order valence-corrected chi connectivity index (χ4v) is 5.05. The predicted octanol–water partition coefficient (Wildman–Crippen LogP) is 9.49. The molecule has 3 heteroatoms. The van der Waals surface area contributed by atoms with Crippen molar-refractivity contribution in [2.24, 2.45) is 0 Å². The Bertz CT molecular complexity index is 359. The van der Waals surface area contributed by atoms with Gasteiger partial charge >= 0.3 is 0 Å². The number of unbranched alkanes of at least 4 members (excludes halogenated alkanes) is 18. The van der Waals surface area contributed by atoms with Crippen molar-refractivity contribution < 1.29 is 4.74 Å². The number of nitrogens with zero attached hydrogens (tertiary/aromatic N) is 2. The Hall–Kier alpha value is -0.120. The fraction of sp³-hybridized carbons (Fsp3) is 1.00. The number of hydrogen-bond acceptors (Lipinski definition) is 3. The molecule has 0 heterocycles. The molecule has 0 saturated carbocycles. The molecule has 35 heavy (non-hydrogen) atoms. The Kier molecular flexibility index (Phi) is 30.0. The minimum absolute atomic E-state index is 0.867. The van der Waals surface area contributed by atoms with Crippen LogP contribution in [0, 0.1) is 0 Å². The predicted molar refractivity (Wildman–Crippen MR) is 159 cm³/mol. The van der Waals surface area contributed by atoms with Crippen LogP contribution in [0.2, 0.25) is 0 Å². The molecule has 0 aliphatic rings. The summed E-state index contributed by atoms with van der Waals surface area (Å²) in [5, 5.41) is 0. The molecule has 0 aromatic heterocycles. The topological polar surface area (TPSA) is 15.7 Å². The summed E-state index contributed by atoms with van der Waals surface area (Å²) in [6.07, 6.45) is 29.5. The molecule has 0 aliphatic carbocycles. The molecule has 0 bridgehead atoms. The highest BCUT2D eigenvalue weighted by Gasteiger charge is 2.10. The highest BCUT2D eigenvalue weighted by Crippen LogP contribution is 2.11. The van der Waals surface area contributed by atoms with Crippen LogP contribution in [0.5, 0.6) is 0 Å². The molecule has 0 unspecified atom stereocenters. The van der Waals surface area contributed by atoms with Crippen molar-refractivity contribution in [1.82, 2.24) is 9.80 Å². The molecule has 0 aromatic carbocycles. The summed E-state index contributed by atoms with van der Waals surface area (Å²) in [5.41, 5.74) is 0. The van der Waals surface area contributed by atoms with Gasteiger partial charge in [-0.2, -0.15) is 0 Å². The van der Waals surface area contributed by atoms with Gasteiger partial charge in [0, 0.05) is 26.7 Å². The van der Waals surface area contributed by atoms with Gasteiger partial charge in [-0.25, -0.2) is 0 Å². The summed E-state index contributed by atoms with van der Waals surface area (Å²) in [6, 6.07) is 0. The van der Waals surface area contributed by atoms with Gasteiger partial charge in [-0.05, 0) is 38.9 Å². The molecule has 0 radical (unpaired) electrons. The van der Waals surface area contributed by atoms with Gasteiger partial charge in [-0.15, -0.1) is 0 Å². The van der Waals surface area contributed by atoms with Crippen molar-refractivity contribution in [1.29, 1.82) is 0 Å². The second kappa shape index (κ2) is 30.1. The zero-order chi connectivity index (χ0) is 25.7. The van der Waals surface area contributed by atoms with Crippen LogP contribution in [0.1, 0.15) is 156 Å². The van der Waals surface area contributed by atoms with Crippen molar-refractivity contribution in [3.63, 3.8) is 0 Å². The molecule has 0 amide bonds. The number of rotatable bonds is 30. The molecule has 0 spiro atoms. The minimum Gasteiger partial charge on any atom is -0.383 e. The lowest BCUT2D eigenvalue weighted by Gasteiger charge is -2.28. The van der Waals surface area contributed by atoms with E-state index in [4.69, 9.17) is 4.74 Å². The fourth-order valence-electron chi connectivity index (χ4n) is 5.05. The van der Waals surface area contributed by atoms with Crippen molar-refractivity contribution in [2.45, 2.75) is 156 Å². The lowest BCUT2D eigenvalue weighted by molar-refractivity contribution is 0.133. The second-order valence-corrected chi connectivity index (χ2v) is 11.0. The Morgan fingerprint density at radius 3 is 0.943 bits per heavy atom. The summed E-state index contributed by atoms with van der Waals surface area (Å²) in [7, 11) is 1.85. The maximum atomic E-state index is 5.44. The van der Waals surface area contributed by atoms with E-state index in [-0.39, 0.29) is 0 Å². The van der Waals surface area contributed by atoms with Gasteiger partial charge < -0.3 is 9.64 Å². The lowest BCUT2D eigenvalue weighted by atomic mass is 10.1. The van der Waals surface area contributed by atoms with E-state index in [1.54, 1.807) is 0 Å². The standard InChI is InChI=1S/C32H68N2O/c1-5-8-11-14-17-20-23-26-33(27-24-21-18-15-12-9-6-2)29-30-34(31-32-35-4)28-25-22-19-16-13-10-7-3/h5-32H2,1-4H3. The van der Waals surface area contributed by atoms with Crippen molar-refractivity contribution in [3.8, 4) is 0 Å². The Labute approximate surface area is 223 Å². The van der Waals surface area contributed by atoms with Crippen LogP contribution in [-0.2, 0) is 4.74 Å². The third-order valence-electron chi connectivity index (χ3n) is 7.58. The summed E-state index contributed by atoms with van der Waals surface area (Å²) in [5.74, 6) is 0. The molecule has 0 saturated heterocycles. The van der Waals surface area contributed by atoms with E-state index in [1.807, 2.05) is 7.11 Å². The number of methoxy groups -OCH3 is 1. The molecule has 0 aromatic rings. The molecule has 0 aliphatic heterocycles. The van der Waals surface area contributed by atoms with Gasteiger partial charge in [0.05, 0.1) is 6.61 Å². The Morgan fingerprint density at radius 2 is 0.629 bits per heavy atom. The van der Waals surface area contributed by atoms with E-state index in [9.17, 15) is 0 Å². The van der Waals surface area contributed by atoms with Crippen LogP contribution in [0.15, 0.2) is 0 Å². The van der Waals surface area contributed by atoms with E-state index in [1.165, 1.54) is 168 Å². The molecule has 212 valence electrons. The van der Waals surface area contributed by atoms with E-state index in [2.05, 4.69) is 30.6 Å². The van der Waals surface area contributed by atoms with Gasteiger partial charge in [0.25, 0.3) is 0 Å². The normalized spacial score (nSPS) is 11.8. The zero-order valence-electron chi connectivity index (χ0n) is 25.1. The number of hydrogen-bond donors (Lipinski definition) is 0. The van der Waals surface area contributed by atoms with Crippen molar-refractivity contribution in [3.05, 3.63) is 0 Å². The van der Waals surface area contributed by atoms with E-state index >= 15 is 0 Å². The third kappa shape index (κ3) is 26.7. The first-order chi connectivity index (χ1) is 17.3. The average Bonchev–Trinajstić information content (AvgIpc) is 2.87. The van der Waals surface area contributed by atoms with Crippen LogP contribution in [0.3, 0.4) is 0 Å². The third-order valence-corrected chi connectivity index (χ3v) is 7.58. The highest BCUT2D eigenvalue weighted by atomic mass is 16.5. The van der Waals surface area contributed by atoms with Crippen LogP contribution in [-0.4, -0.2) is 62.8 Å². The zero-order valence-corrected chi connectivity index (χ0v) is 25.1. The van der Waals surface area contributed by atoms with E-state index in [0.29, 0.717) is 0 Å². The summed E-state index contributed by atoms with van der Waals surface area (Å²) >= 11 is 0. The Morgan fingerprint density at radius 1 is 0.343 bits per heavy atom. The molecule has 0 fully saturated rings. The van der Waals surface area contributed by atoms with Crippen LogP contribution >= 0.6 is 0 Å². The SMILES string of the molecule is CCCCCCCCCN(CCCCCCCCC)CCN(CCCCCCCCC)CCOC. The first-order valence-corrected chi connectivity index (χ1v) is 16.2. The molecule has 0 atom stereocenters. The van der Waals surface area contributed by atoms with Gasteiger partial charge in [0.15, 0.2) is 0 Å². The molecular weight excluding hydrogens is 428 g/mol. The maximum Gasteiger partial charge on any atom is 0.0589 e. The maximum absolute atomic E-state index is 5.44. The van der Waals surface area contributed by atoms with Gasteiger partial charge in [-0.3, -0.25) is 4.90 Å². The molecule has 0 N–H and O–H groups in total. The number of ether oxygens (including phenoxy) is 1. The van der Waals surface area contributed by atoms with Gasteiger partial charge in [0.1, 0.15) is 0 Å². The summed E-state index contributed by atoms with van der Waals surface area (Å²) in [4.78, 5) is 5.47. The Balaban J connectivity index is 4.33. The largest absolute Gasteiger partial charge is 0.383 e. The van der Waals surface area contributed by atoms with Crippen molar-refractivity contribution in [2.75, 3.05) is 53.0 Å². The van der Waals surface area contributed by atoms with Crippen molar-refractivity contribution >= 4 is 0 Å². The first-order valence-electron chi connectivity index (χ1n) is 16.2. The van der Waals surface area contributed by atoms with E-state index < -0.39 is 0 Å². The highest BCUT2D eigenvalue weighted by molar-refractivity contribution is 4.65. The lowest BCUT2D eigenvalue weighted by Crippen LogP contribution is -2.38. The minimum atomic E-state index is 0.867. The molecule has 0 rings (SSSR count). The van der Waals surface area contributed by atoms with E-state index in [0.717, 1.165) is 13.2 Å². The monoisotopic (exact) mass is 497 g/mol. The second-order valence-electron chi connectivity index (χ2n) is 11.0. The summed E-state index contributed by atoms with van der Waals surface area (Å²) < 4.78 is 5.44. The van der Waals surface area contributed by atoms with Crippen LogP contribution < -0.4 is 0 Å². The smallest absolute Gasteiger partial charge is 0.0589 e. The average molecular weight is 497 g/mol. The van der Waals surface area contributed by atoms with Gasteiger partial charge in [-0.1, -0.05) is 136 Å².